The van der Waals surface area contributed by atoms with Gasteiger partial charge in [0.05, 0.1) is 4.90 Å². The highest BCUT2D eigenvalue weighted by molar-refractivity contribution is 7.89. The molecule has 0 radical (unpaired) electrons. The maximum Gasteiger partial charge on any atom is 0.245 e. The fraction of sp³-hybridized carbons (Fsp3) is 0.526. The first-order chi connectivity index (χ1) is 14.9. The minimum atomic E-state index is -3.96. The number of H-pyrrole nitrogens is 1. The van der Waals surface area contributed by atoms with E-state index in [0.717, 1.165) is 19.3 Å². The van der Waals surface area contributed by atoms with Gasteiger partial charge in [-0.3, -0.25) is 9.59 Å². The van der Waals surface area contributed by atoms with Crippen LogP contribution in [-0.4, -0.2) is 82.4 Å². The van der Waals surface area contributed by atoms with Gasteiger partial charge in [-0.25, -0.2) is 8.42 Å². The van der Waals surface area contributed by atoms with Crippen LogP contribution in [-0.2, 0) is 19.6 Å². The molecule has 1 aromatic carbocycles. The lowest BCUT2D eigenvalue weighted by Gasteiger charge is -2.32. The second-order valence-corrected chi connectivity index (χ2v) is 9.53. The van der Waals surface area contributed by atoms with Crippen LogP contribution in [0.25, 0.3) is 11.4 Å². The molecule has 0 spiro atoms. The first kappa shape index (κ1) is 21.4. The van der Waals surface area contributed by atoms with Gasteiger partial charge in [-0.2, -0.15) is 9.94 Å². The van der Waals surface area contributed by atoms with E-state index in [4.69, 9.17) is 0 Å². The van der Waals surface area contributed by atoms with Crippen molar-refractivity contribution in [1.82, 2.24) is 35.1 Å². The lowest BCUT2D eigenvalue weighted by atomic mass is 10.1. The average molecular weight is 448 g/mol. The number of tetrazole rings is 1. The summed E-state index contributed by atoms with van der Waals surface area (Å²) in [5, 5.41) is 13.5. The van der Waals surface area contributed by atoms with E-state index in [9.17, 15) is 18.0 Å². The first-order valence-corrected chi connectivity index (χ1v) is 11.8. The number of piperidine rings is 1. The molecular weight excluding hydrogens is 422 g/mol. The Labute approximate surface area is 180 Å². The lowest BCUT2D eigenvalue weighted by molar-refractivity contribution is -0.143. The smallest absolute Gasteiger partial charge is 0.245 e. The monoisotopic (exact) mass is 447 g/mol. The molecule has 0 saturated carbocycles. The number of nitrogens with one attached hydrogen (secondary N) is 2. The third-order valence-corrected chi connectivity index (χ3v) is 7.25. The molecular formula is C19H25N7O4S. The number of aromatic nitrogens is 4. The molecule has 12 heteroatoms. The van der Waals surface area contributed by atoms with Crippen LogP contribution in [0.15, 0.2) is 29.2 Å². The summed E-state index contributed by atoms with van der Waals surface area (Å²) in [4.78, 5) is 28.9. The molecule has 2 N–H and O–H groups in total. The molecule has 31 heavy (non-hydrogen) atoms. The quantitative estimate of drug-likeness (QED) is 0.642. The van der Waals surface area contributed by atoms with Crippen molar-refractivity contribution in [2.24, 2.45) is 0 Å². The van der Waals surface area contributed by atoms with Crippen LogP contribution in [0, 0.1) is 0 Å². The van der Waals surface area contributed by atoms with Crippen LogP contribution in [0.1, 0.15) is 32.6 Å². The van der Waals surface area contributed by atoms with E-state index in [1.165, 1.54) is 17.0 Å². The van der Waals surface area contributed by atoms with Crippen molar-refractivity contribution in [3.05, 3.63) is 24.3 Å². The van der Waals surface area contributed by atoms with Crippen LogP contribution in [0.4, 0.5) is 0 Å². The van der Waals surface area contributed by atoms with Gasteiger partial charge >= 0.3 is 0 Å². The van der Waals surface area contributed by atoms with Crippen LogP contribution in [0.2, 0.25) is 0 Å². The van der Waals surface area contributed by atoms with Crippen molar-refractivity contribution in [2.45, 2.75) is 49.6 Å². The van der Waals surface area contributed by atoms with E-state index in [1.807, 2.05) is 0 Å². The molecule has 0 aliphatic carbocycles. The standard InChI is InChI=1S/C19H25N7O4S/c1-13(18(27)25-9-3-2-4-10-25)26-11-8-16(19(26)28)22-31(29,30)15-7-5-6-14(12-15)17-20-23-24-21-17/h5-7,12-13,16,22H,2-4,8-11H2,1H3,(H,20,21,23,24)/t13-,16-/m0/s1. The van der Waals surface area contributed by atoms with E-state index in [-0.39, 0.29) is 22.5 Å². The van der Waals surface area contributed by atoms with Gasteiger partial charge < -0.3 is 9.80 Å². The van der Waals surface area contributed by atoms with E-state index in [2.05, 4.69) is 25.3 Å². The third kappa shape index (κ3) is 4.44. The summed E-state index contributed by atoms with van der Waals surface area (Å²) in [7, 11) is -3.96. The maximum absolute atomic E-state index is 12.9. The molecule has 1 aromatic heterocycles. The molecule has 2 aliphatic heterocycles. The molecule has 0 unspecified atom stereocenters. The Balaban J connectivity index is 1.44. The summed E-state index contributed by atoms with van der Waals surface area (Å²) in [6, 6.07) is 4.58. The number of hydrogen-bond donors (Lipinski definition) is 2. The number of amides is 2. The molecule has 2 aliphatic rings. The third-order valence-electron chi connectivity index (χ3n) is 5.78. The molecule has 2 amide bonds. The van der Waals surface area contributed by atoms with Crippen molar-refractivity contribution < 1.29 is 18.0 Å². The van der Waals surface area contributed by atoms with Gasteiger partial charge in [-0.15, -0.1) is 10.2 Å². The zero-order valence-corrected chi connectivity index (χ0v) is 18.0. The Hall–Kier alpha value is -2.86. The number of carbonyl (C=O) groups excluding carboxylic acids is 2. The van der Waals surface area contributed by atoms with Crippen molar-refractivity contribution in [3.8, 4) is 11.4 Å². The lowest BCUT2D eigenvalue weighted by Crippen LogP contribution is -2.51. The number of rotatable bonds is 6. The normalized spacial score (nSPS) is 20.8. The Morgan fingerprint density at radius 3 is 2.71 bits per heavy atom. The zero-order chi connectivity index (χ0) is 22.0. The van der Waals surface area contributed by atoms with E-state index < -0.39 is 22.1 Å². The van der Waals surface area contributed by atoms with Gasteiger partial charge in [0.15, 0.2) is 0 Å². The predicted molar refractivity (Wildman–Crippen MR) is 110 cm³/mol. The highest BCUT2D eigenvalue weighted by atomic mass is 32.2. The number of carbonyl (C=O) groups is 2. The van der Waals surface area contributed by atoms with Crippen LogP contribution < -0.4 is 4.72 Å². The molecule has 2 aromatic rings. The summed E-state index contributed by atoms with van der Waals surface area (Å²) >= 11 is 0. The van der Waals surface area contributed by atoms with Gasteiger partial charge in [0.2, 0.25) is 27.7 Å². The van der Waals surface area contributed by atoms with Crippen molar-refractivity contribution in [3.63, 3.8) is 0 Å². The molecule has 4 rings (SSSR count). The predicted octanol–water partition coefficient (Wildman–Crippen LogP) is 0.147. The summed E-state index contributed by atoms with van der Waals surface area (Å²) in [6.07, 6.45) is 3.36. The molecule has 2 saturated heterocycles. The number of nitrogens with zero attached hydrogens (tertiary/aromatic N) is 5. The summed E-state index contributed by atoms with van der Waals surface area (Å²) in [6.45, 7) is 3.45. The minimum Gasteiger partial charge on any atom is -0.341 e. The van der Waals surface area contributed by atoms with Crippen molar-refractivity contribution in [2.75, 3.05) is 19.6 Å². The fourth-order valence-corrected chi connectivity index (χ4v) is 5.32. The van der Waals surface area contributed by atoms with Gasteiger partial charge in [0.25, 0.3) is 0 Å². The summed E-state index contributed by atoms with van der Waals surface area (Å²) < 4.78 is 28.3. The average Bonchev–Trinajstić information content (AvgIpc) is 3.44. The SMILES string of the molecule is C[C@@H](C(=O)N1CCCCC1)N1CC[C@H](NS(=O)(=O)c2cccc(-c3nn[nH]n3)c2)C1=O. The number of benzene rings is 1. The van der Waals surface area contributed by atoms with E-state index in [0.29, 0.717) is 31.6 Å². The number of sulfonamides is 1. The molecule has 2 atom stereocenters. The number of aromatic amines is 1. The molecule has 11 nitrogen and oxygen atoms in total. The van der Waals surface area contributed by atoms with Gasteiger partial charge in [-0.05, 0) is 50.0 Å². The van der Waals surface area contributed by atoms with Crippen molar-refractivity contribution in [1.29, 1.82) is 0 Å². The molecule has 0 bridgehead atoms. The Bertz CT molecular complexity index is 1050. The zero-order valence-electron chi connectivity index (χ0n) is 17.2. The van der Waals surface area contributed by atoms with E-state index >= 15 is 0 Å². The highest BCUT2D eigenvalue weighted by Gasteiger charge is 2.40. The van der Waals surface area contributed by atoms with Gasteiger partial charge in [-0.1, -0.05) is 12.1 Å². The minimum absolute atomic E-state index is 0.00140. The Kier molecular flexibility index (Phi) is 6.01. The van der Waals surface area contributed by atoms with Crippen molar-refractivity contribution >= 4 is 21.8 Å². The Morgan fingerprint density at radius 2 is 2.00 bits per heavy atom. The Morgan fingerprint density at radius 1 is 1.23 bits per heavy atom. The van der Waals surface area contributed by atoms with E-state index in [1.54, 1.807) is 24.0 Å². The van der Waals surface area contributed by atoms with Crippen LogP contribution in [0.5, 0.6) is 0 Å². The number of hydrogen-bond acceptors (Lipinski definition) is 7. The fourth-order valence-electron chi connectivity index (χ4n) is 4.05. The van der Waals surface area contributed by atoms with Crippen LogP contribution in [0.3, 0.4) is 0 Å². The first-order valence-electron chi connectivity index (χ1n) is 10.3. The van der Waals surface area contributed by atoms with Gasteiger partial charge in [0, 0.05) is 25.2 Å². The second-order valence-electron chi connectivity index (χ2n) is 7.82. The highest BCUT2D eigenvalue weighted by Crippen LogP contribution is 2.22. The maximum atomic E-state index is 12.9. The largest absolute Gasteiger partial charge is 0.341 e. The summed E-state index contributed by atoms with van der Waals surface area (Å²) in [5.41, 5.74) is 0.483. The topological polar surface area (TPSA) is 141 Å². The molecule has 2 fully saturated rings. The number of likely N-dealkylation sites (tertiary alicyclic amines) is 2. The molecule has 3 heterocycles. The van der Waals surface area contributed by atoms with Crippen LogP contribution >= 0.6 is 0 Å². The van der Waals surface area contributed by atoms with Gasteiger partial charge in [0.1, 0.15) is 12.1 Å². The summed E-state index contributed by atoms with van der Waals surface area (Å²) in [5.74, 6) is -0.189. The second kappa shape index (κ2) is 8.71. The molecule has 166 valence electrons.